The molecule has 1 aromatic heterocycles. The molecule has 0 aliphatic heterocycles. The van der Waals surface area contributed by atoms with Crippen LogP contribution in [0.15, 0.2) is 30.5 Å². The van der Waals surface area contributed by atoms with Crippen molar-refractivity contribution in [3.63, 3.8) is 0 Å². The summed E-state index contributed by atoms with van der Waals surface area (Å²) in [6, 6.07) is 2.81. The topological polar surface area (TPSA) is 213 Å². The number of benzene rings is 1. The summed E-state index contributed by atoms with van der Waals surface area (Å²) in [6.45, 7) is 3.14. The van der Waals surface area contributed by atoms with Gasteiger partial charge in [-0.25, -0.2) is 4.79 Å². The summed E-state index contributed by atoms with van der Waals surface area (Å²) in [7, 11) is 0. The first-order chi connectivity index (χ1) is 17.0. The van der Waals surface area contributed by atoms with Crippen molar-refractivity contribution >= 4 is 34.6 Å². The molecule has 12 heteroatoms. The van der Waals surface area contributed by atoms with Gasteiger partial charge < -0.3 is 42.6 Å². The lowest BCUT2D eigenvalue weighted by atomic mass is 10.0. The summed E-state index contributed by atoms with van der Waals surface area (Å²) in [4.78, 5) is 53.1. The second kappa shape index (κ2) is 13.6. The van der Waals surface area contributed by atoms with Gasteiger partial charge in [-0.2, -0.15) is 0 Å². The maximum atomic E-state index is 13.2. The van der Waals surface area contributed by atoms with Crippen LogP contribution in [0.5, 0.6) is 0 Å². The average molecular weight is 505 g/mol. The van der Waals surface area contributed by atoms with Gasteiger partial charge in [0.25, 0.3) is 0 Å². The van der Waals surface area contributed by atoms with E-state index < -0.39 is 54.0 Å². The minimum atomic E-state index is -1.57. The van der Waals surface area contributed by atoms with E-state index in [0.29, 0.717) is 24.9 Å². The molecule has 36 heavy (non-hydrogen) atoms. The van der Waals surface area contributed by atoms with Crippen molar-refractivity contribution in [3.05, 3.63) is 36.0 Å². The number of hydrogen-bond donors (Lipinski definition) is 8. The number of H-pyrrole nitrogens is 1. The first-order valence-corrected chi connectivity index (χ1v) is 11.9. The maximum absolute atomic E-state index is 13.2. The van der Waals surface area contributed by atoms with E-state index in [1.54, 1.807) is 6.20 Å². The Kier molecular flexibility index (Phi) is 10.8. The molecule has 5 unspecified atom stereocenters. The predicted octanol–water partition coefficient (Wildman–Crippen LogP) is -0.894. The minimum absolute atomic E-state index is 0.0322. The molecule has 198 valence electrons. The fraction of sp³-hybridized carbons (Fsp3) is 0.500. The standard InChI is InChI=1S/C24H36N6O6/c1-13(26)21(32)28-18(9-5-6-10-25)22(33)29-19(23(34)30-20(14(2)31)24(35)36)11-15-12-27-17-8-4-3-7-16(15)17/h3-4,7-8,12-14,18-20,27,31H,5-6,9-11,25-26H2,1-2H3,(H,28,32)(H,29,33)(H,30,34)(H,35,36). The Balaban J connectivity index is 2.31. The minimum Gasteiger partial charge on any atom is -0.480 e. The lowest BCUT2D eigenvalue weighted by Crippen LogP contribution is -2.58. The molecule has 1 heterocycles. The van der Waals surface area contributed by atoms with Crippen LogP contribution in [-0.4, -0.2) is 75.7 Å². The molecule has 0 radical (unpaired) electrons. The number of carbonyl (C=O) groups excluding carboxylic acids is 3. The fourth-order valence-corrected chi connectivity index (χ4v) is 3.71. The molecule has 10 N–H and O–H groups in total. The Morgan fingerprint density at radius 2 is 1.61 bits per heavy atom. The summed E-state index contributed by atoms with van der Waals surface area (Å²) in [5.41, 5.74) is 12.7. The molecule has 0 saturated heterocycles. The van der Waals surface area contributed by atoms with Gasteiger partial charge in [-0.15, -0.1) is 0 Å². The van der Waals surface area contributed by atoms with Crippen molar-refractivity contribution < 1.29 is 29.4 Å². The molecule has 0 aliphatic carbocycles. The number of nitrogens with two attached hydrogens (primary N) is 2. The zero-order valence-electron chi connectivity index (χ0n) is 20.5. The summed E-state index contributed by atoms with van der Waals surface area (Å²) < 4.78 is 0. The van der Waals surface area contributed by atoms with Gasteiger partial charge in [0.15, 0.2) is 6.04 Å². The summed E-state index contributed by atoms with van der Waals surface area (Å²) in [6.07, 6.45) is 1.82. The molecule has 3 amide bonds. The second-order valence-corrected chi connectivity index (χ2v) is 8.82. The molecule has 1 aromatic carbocycles. The van der Waals surface area contributed by atoms with Crippen molar-refractivity contribution in [1.82, 2.24) is 20.9 Å². The third-order valence-corrected chi connectivity index (χ3v) is 5.77. The van der Waals surface area contributed by atoms with E-state index in [1.165, 1.54) is 13.8 Å². The highest BCUT2D eigenvalue weighted by atomic mass is 16.4. The van der Waals surface area contributed by atoms with E-state index in [4.69, 9.17) is 11.5 Å². The number of rotatable bonds is 14. The van der Waals surface area contributed by atoms with Gasteiger partial charge in [-0.3, -0.25) is 14.4 Å². The van der Waals surface area contributed by atoms with E-state index in [0.717, 1.165) is 10.9 Å². The number of para-hydroxylation sites is 1. The van der Waals surface area contributed by atoms with Crippen LogP contribution in [-0.2, 0) is 25.6 Å². The fourth-order valence-electron chi connectivity index (χ4n) is 3.71. The number of aromatic nitrogens is 1. The molecule has 0 saturated carbocycles. The SMILES string of the molecule is CC(N)C(=O)NC(CCCCN)C(=O)NC(Cc1c[nH]c2ccccc12)C(=O)NC(C(=O)O)C(C)O. The summed E-state index contributed by atoms with van der Waals surface area (Å²) >= 11 is 0. The van der Waals surface area contributed by atoms with Gasteiger partial charge in [0.1, 0.15) is 12.1 Å². The van der Waals surface area contributed by atoms with Crippen LogP contribution in [0, 0.1) is 0 Å². The highest BCUT2D eigenvalue weighted by molar-refractivity contribution is 5.94. The molecule has 2 aromatic rings. The Hall–Kier alpha value is -3.48. The van der Waals surface area contributed by atoms with Gasteiger partial charge >= 0.3 is 5.97 Å². The monoisotopic (exact) mass is 504 g/mol. The van der Waals surface area contributed by atoms with Crippen LogP contribution in [0.1, 0.15) is 38.7 Å². The quantitative estimate of drug-likeness (QED) is 0.151. The summed E-state index contributed by atoms with van der Waals surface area (Å²) in [5.74, 6) is -3.36. The number of fused-ring (bicyclic) bond motifs is 1. The first-order valence-electron chi connectivity index (χ1n) is 11.9. The van der Waals surface area contributed by atoms with Gasteiger partial charge in [0.05, 0.1) is 12.1 Å². The third kappa shape index (κ3) is 8.04. The Bertz CT molecular complexity index is 1050. The van der Waals surface area contributed by atoms with Crippen molar-refractivity contribution in [3.8, 4) is 0 Å². The molecular weight excluding hydrogens is 468 g/mol. The van der Waals surface area contributed by atoms with Crippen molar-refractivity contribution in [2.45, 2.75) is 69.8 Å². The van der Waals surface area contributed by atoms with E-state index in [1.807, 2.05) is 24.3 Å². The number of amides is 3. The van der Waals surface area contributed by atoms with Crippen LogP contribution in [0.2, 0.25) is 0 Å². The number of aliphatic hydroxyl groups is 1. The lowest BCUT2D eigenvalue weighted by Gasteiger charge is -2.25. The van der Waals surface area contributed by atoms with Crippen LogP contribution < -0.4 is 27.4 Å². The van der Waals surface area contributed by atoms with Crippen molar-refractivity contribution in [2.24, 2.45) is 11.5 Å². The largest absolute Gasteiger partial charge is 0.480 e. The number of carboxylic acids is 1. The molecule has 2 rings (SSSR count). The number of aliphatic hydroxyl groups excluding tert-OH is 1. The number of hydrogen-bond acceptors (Lipinski definition) is 7. The number of nitrogens with one attached hydrogen (secondary N) is 4. The zero-order chi connectivity index (χ0) is 26.8. The number of carboxylic acid groups (broad SMARTS) is 1. The van der Waals surface area contributed by atoms with E-state index >= 15 is 0 Å². The number of aliphatic carboxylic acids is 1. The molecule has 0 spiro atoms. The highest BCUT2D eigenvalue weighted by Crippen LogP contribution is 2.19. The molecule has 0 fully saturated rings. The maximum Gasteiger partial charge on any atom is 0.328 e. The number of aromatic amines is 1. The molecule has 5 atom stereocenters. The lowest BCUT2D eigenvalue weighted by molar-refractivity contribution is -0.145. The molecule has 0 aliphatic rings. The Labute approximate surface area is 209 Å². The molecular formula is C24H36N6O6. The van der Waals surface area contributed by atoms with Crippen LogP contribution in [0.25, 0.3) is 10.9 Å². The van der Waals surface area contributed by atoms with Gasteiger partial charge in [0.2, 0.25) is 17.7 Å². The van der Waals surface area contributed by atoms with Crippen LogP contribution >= 0.6 is 0 Å². The molecule has 0 bridgehead atoms. The van der Waals surface area contributed by atoms with Crippen LogP contribution in [0.4, 0.5) is 0 Å². The van der Waals surface area contributed by atoms with E-state index in [2.05, 4.69) is 20.9 Å². The summed E-state index contributed by atoms with van der Waals surface area (Å²) in [5, 5.41) is 27.5. The average Bonchev–Trinajstić information content (AvgIpc) is 3.23. The van der Waals surface area contributed by atoms with Gasteiger partial charge in [-0.1, -0.05) is 18.2 Å². The Morgan fingerprint density at radius 3 is 2.22 bits per heavy atom. The normalized spacial score (nSPS) is 15.4. The van der Waals surface area contributed by atoms with E-state index in [9.17, 15) is 29.4 Å². The highest BCUT2D eigenvalue weighted by Gasteiger charge is 2.32. The van der Waals surface area contributed by atoms with Gasteiger partial charge in [0, 0.05) is 23.5 Å². The van der Waals surface area contributed by atoms with Crippen molar-refractivity contribution in [2.75, 3.05) is 6.54 Å². The first kappa shape index (κ1) is 28.8. The van der Waals surface area contributed by atoms with E-state index in [-0.39, 0.29) is 12.8 Å². The van der Waals surface area contributed by atoms with Crippen LogP contribution in [0.3, 0.4) is 0 Å². The predicted molar refractivity (Wildman–Crippen MR) is 134 cm³/mol. The second-order valence-electron chi connectivity index (χ2n) is 8.82. The van der Waals surface area contributed by atoms with Gasteiger partial charge in [-0.05, 0) is 51.3 Å². The smallest absolute Gasteiger partial charge is 0.328 e. The number of unbranched alkanes of at least 4 members (excludes halogenated alkanes) is 1. The third-order valence-electron chi connectivity index (χ3n) is 5.77. The zero-order valence-corrected chi connectivity index (χ0v) is 20.5. The van der Waals surface area contributed by atoms with Crippen molar-refractivity contribution in [1.29, 1.82) is 0 Å². The molecule has 12 nitrogen and oxygen atoms in total. The number of carbonyl (C=O) groups is 4. The Morgan fingerprint density at radius 1 is 0.972 bits per heavy atom.